The van der Waals surface area contributed by atoms with Crippen molar-refractivity contribution in [1.29, 1.82) is 0 Å². The molecule has 4 rings (SSSR count). The summed E-state index contributed by atoms with van der Waals surface area (Å²) in [7, 11) is 0. The predicted octanol–water partition coefficient (Wildman–Crippen LogP) is 5.21. The van der Waals surface area contributed by atoms with E-state index in [1.54, 1.807) is 6.26 Å². The van der Waals surface area contributed by atoms with Crippen molar-refractivity contribution in [2.24, 2.45) is 0 Å². The number of hydrogen-bond acceptors (Lipinski definition) is 3. The standard InChI is InChI=1S/C25H28N2O2/c1-19-8-10-21(11-9-19)25(28)27(23-6-3-5-20(2)17-23)22-12-14-26(15-13-22)18-24-7-4-16-29-24/h3-11,16-17,22H,12-15,18H2,1-2H3. The molecule has 4 nitrogen and oxygen atoms in total. The molecule has 0 atom stereocenters. The number of amides is 1. The Balaban J connectivity index is 1.54. The summed E-state index contributed by atoms with van der Waals surface area (Å²) in [5.41, 5.74) is 4.06. The first-order valence-electron chi connectivity index (χ1n) is 10.3. The van der Waals surface area contributed by atoms with Crippen molar-refractivity contribution in [2.75, 3.05) is 18.0 Å². The smallest absolute Gasteiger partial charge is 0.258 e. The van der Waals surface area contributed by atoms with Crippen LogP contribution in [-0.2, 0) is 6.54 Å². The predicted molar refractivity (Wildman–Crippen MR) is 116 cm³/mol. The molecule has 3 aromatic rings. The summed E-state index contributed by atoms with van der Waals surface area (Å²) in [6, 6.07) is 20.3. The first kappa shape index (κ1) is 19.5. The zero-order chi connectivity index (χ0) is 20.2. The average molecular weight is 389 g/mol. The minimum atomic E-state index is 0.0834. The maximum atomic E-state index is 13.5. The zero-order valence-electron chi connectivity index (χ0n) is 17.2. The molecule has 0 radical (unpaired) electrons. The minimum Gasteiger partial charge on any atom is -0.468 e. The van der Waals surface area contributed by atoms with Crippen LogP contribution in [0.15, 0.2) is 71.3 Å². The molecule has 0 unspecified atom stereocenters. The van der Waals surface area contributed by atoms with Crippen molar-refractivity contribution in [3.05, 3.63) is 89.4 Å². The van der Waals surface area contributed by atoms with Gasteiger partial charge in [-0.3, -0.25) is 9.69 Å². The van der Waals surface area contributed by atoms with Crippen LogP contribution >= 0.6 is 0 Å². The number of benzene rings is 2. The quantitative estimate of drug-likeness (QED) is 0.602. The molecule has 29 heavy (non-hydrogen) atoms. The Kier molecular flexibility index (Phi) is 5.81. The van der Waals surface area contributed by atoms with Crippen LogP contribution in [0.4, 0.5) is 5.69 Å². The summed E-state index contributed by atoms with van der Waals surface area (Å²) in [6.45, 7) is 6.85. The van der Waals surface area contributed by atoms with Crippen molar-refractivity contribution in [3.8, 4) is 0 Å². The van der Waals surface area contributed by atoms with E-state index in [1.165, 1.54) is 5.56 Å². The Morgan fingerprint density at radius 1 is 1.00 bits per heavy atom. The largest absolute Gasteiger partial charge is 0.468 e. The number of likely N-dealkylation sites (tertiary alicyclic amines) is 1. The molecule has 0 spiro atoms. The van der Waals surface area contributed by atoms with E-state index in [1.807, 2.05) is 60.4 Å². The second-order valence-corrected chi connectivity index (χ2v) is 7.97. The van der Waals surface area contributed by atoms with E-state index in [2.05, 4.69) is 24.0 Å². The molecule has 1 aromatic heterocycles. The Bertz CT molecular complexity index is 939. The van der Waals surface area contributed by atoms with Gasteiger partial charge in [0.05, 0.1) is 12.8 Å². The van der Waals surface area contributed by atoms with Gasteiger partial charge in [-0.05, 0) is 68.7 Å². The molecule has 2 aromatic carbocycles. The number of hydrogen-bond donors (Lipinski definition) is 0. The molecule has 0 bridgehead atoms. The van der Waals surface area contributed by atoms with Gasteiger partial charge in [-0.25, -0.2) is 0 Å². The lowest BCUT2D eigenvalue weighted by molar-refractivity contribution is 0.0957. The third-order valence-corrected chi connectivity index (χ3v) is 5.68. The van der Waals surface area contributed by atoms with Gasteiger partial charge in [-0.1, -0.05) is 29.8 Å². The molecule has 1 saturated heterocycles. The third-order valence-electron chi connectivity index (χ3n) is 5.68. The lowest BCUT2D eigenvalue weighted by atomic mass is 10.00. The summed E-state index contributed by atoms with van der Waals surface area (Å²) in [5.74, 6) is 1.08. The Morgan fingerprint density at radius 3 is 2.41 bits per heavy atom. The van der Waals surface area contributed by atoms with E-state index in [0.29, 0.717) is 0 Å². The van der Waals surface area contributed by atoms with E-state index in [9.17, 15) is 4.79 Å². The summed E-state index contributed by atoms with van der Waals surface area (Å²) in [5, 5.41) is 0. The number of rotatable bonds is 5. The fourth-order valence-electron chi connectivity index (χ4n) is 4.07. The SMILES string of the molecule is Cc1ccc(C(=O)N(c2cccc(C)c2)C2CCN(Cc3ccco3)CC2)cc1. The maximum absolute atomic E-state index is 13.5. The molecular formula is C25H28N2O2. The number of carbonyl (C=O) groups is 1. The Morgan fingerprint density at radius 2 is 1.76 bits per heavy atom. The summed E-state index contributed by atoms with van der Waals surface area (Å²) < 4.78 is 5.49. The fourth-order valence-corrected chi connectivity index (χ4v) is 4.07. The number of piperidine rings is 1. The molecule has 1 fully saturated rings. The monoisotopic (exact) mass is 388 g/mol. The second kappa shape index (κ2) is 8.66. The van der Waals surface area contributed by atoms with Gasteiger partial charge in [-0.15, -0.1) is 0 Å². The molecule has 1 amide bonds. The lowest BCUT2D eigenvalue weighted by Gasteiger charge is -2.38. The van der Waals surface area contributed by atoms with Crippen molar-refractivity contribution < 1.29 is 9.21 Å². The molecule has 0 aliphatic carbocycles. The molecular weight excluding hydrogens is 360 g/mol. The highest BCUT2D eigenvalue weighted by Gasteiger charge is 2.30. The second-order valence-electron chi connectivity index (χ2n) is 7.97. The van der Waals surface area contributed by atoms with Crippen LogP contribution < -0.4 is 4.90 Å². The lowest BCUT2D eigenvalue weighted by Crippen LogP contribution is -2.47. The number of carbonyl (C=O) groups excluding carboxylic acids is 1. The topological polar surface area (TPSA) is 36.7 Å². The summed E-state index contributed by atoms with van der Waals surface area (Å²) >= 11 is 0. The number of anilines is 1. The molecule has 4 heteroatoms. The number of furan rings is 1. The van der Waals surface area contributed by atoms with Crippen LogP contribution in [0.25, 0.3) is 0 Å². The van der Waals surface area contributed by atoms with Crippen LogP contribution in [0.2, 0.25) is 0 Å². The molecule has 1 aliphatic heterocycles. The highest BCUT2D eigenvalue weighted by Crippen LogP contribution is 2.27. The maximum Gasteiger partial charge on any atom is 0.258 e. The van der Waals surface area contributed by atoms with Gasteiger partial charge in [0.2, 0.25) is 0 Å². The van der Waals surface area contributed by atoms with E-state index >= 15 is 0 Å². The van der Waals surface area contributed by atoms with Gasteiger partial charge >= 0.3 is 0 Å². The van der Waals surface area contributed by atoms with Crippen LogP contribution in [-0.4, -0.2) is 29.9 Å². The van der Waals surface area contributed by atoms with Crippen LogP contribution in [0, 0.1) is 13.8 Å². The number of aryl methyl sites for hydroxylation is 2. The van der Waals surface area contributed by atoms with Crippen LogP contribution in [0.1, 0.15) is 40.1 Å². The molecule has 2 heterocycles. The number of nitrogens with zero attached hydrogens (tertiary/aromatic N) is 2. The van der Waals surface area contributed by atoms with E-state index in [4.69, 9.17) is 4.42 Å². The summed E-state index contributed by atoms with van der Waals surface area (Å²) in [6.07, 6.45) is 3.63. The highest BCUT2D eigenvalue weighted by molar-refractivity contribution is 6.06. The summed E-state index contributed by atoms with van der Waals surface area (Å²) in [4.78, 5) is 17.9. The van der Waals surface area contributed by atoms with Gasteiger partial charge in [0.1, 0.15) is 5.76 Å². The normalized spacial score (nSPS) is 15.4. The zero-order valence-corrected chi connectivity index (χ0v) is 17.2. The minimum absolute atomic E-state index is 0.0834. The first-order chi connectivity index (χ1) is 14.1. The van der Waals surface area contributed by atoms with Crippen molar-refractivity contribution in [2.45, 2.75) is 39.3 Å². The molecule has 1 aliphatic rings. The molecule has 150 valence electrons. The van der Waals surface area contributed by atoms with Crippen molar-refractivity contribution in [1.82, 2.24) is 4.90 Å². The Hall–Kier alpha value is -2.85. The highest BCUT2D eigenvalue weighted by atomic mass is 16.3. The van der Waals surface area contributed by atoms with Crippen molar-refractivity contribution in [3.63, 3.8) is 0 Å². The molecule has 0 saturated carbocycles. The average Bonchev–Trinajstić information content (AvgIpc) is 3.23. The van der Waals surface area contributed by atoms with Crippen LogP contribution in [0.5, 0.6) is 0 Å². The Labute approximate surface area is 172 Å². The van der Waals surface area contributed by atoms with E-state index in [-0.39, 0.29) is 11.9 Å². The van der Waals surface area contributed by atoms with Gasteiger partial charge < -0.3 is 9.32 Å². The van der Waals surface area contributed by atoms with Gasteiger partial charge in [0.25, 0.3) is 5.91 Å². The van der Waals surface area contributed by atoms with E-state index in [0.717, 1.165) is 55.1 Å². The fraction of sp³-hybridized carbons (Fsp3) is 0.320. The van der Waals surface area contributed by atoms with Gasteiger partial charge in [-0.2, -0.15) is 0 Å². The van der Waals surface area contributed by atoms with Gasteiger partial charge in [0.15, 0.2) is 0 Å². The van der Waals surface area contributed by atoms with Crippen molar-refractivity contribution >= 4 is 11.6 Å². The third kappa shape index (κ3) is 4.60. The first-order valence-corrected chi connectivity index (χ1v) is 10.3. The van der Waals surface area contributed by atoms with Gasteiger partial charge in [0, 0.05) is 30.4 Å². The van der Waals surface area contributed by atoms with Crippen LogP contribution in [0.3, 0.4) is 0 Å². The van der Waals surface area contributed by atoms with E-state index < -0.39 is 0 Å². The molecule has 0 N–H and O–H groups in total.